The lowest BCUT2D eigenvalue weighted by molar-refractivity contribution is -0.173. The molecule has 2 saturated heterocycles. The molecule has 3 aliphatic carbocycles. The van der Waals surface area contributed by atoms with Crippen molar-refractivity contribution in [2.75, 3.05) is 13.1 Å². The lowest BCUT2D eigenvalue weighted by atomic mass is 9.58. The van der Waals surface area contributed by atoms with E-state index in [2.05, 4.69) is 47.2 Å². The van der Waals surface area contributed by atoms with Gasteiger partial charge in [0.15, 0.2) is 0 Å². The summed E-state index contributed by atoms with van der Waals surface area (Å²) in [4.78, 5) is 6.52. The van der Waals surface area contributed by atoms with E-state index in [1.165, 1.54) is 5.56 Å². The molecule has 4 heterocycles. The second-order valence-corrected chi connectivity index (χ2v) is 13.2. The third kappa shape index (κ3) is 2.92. The Kier molecular flexibility index (Phi) is 4.84. The Hall–Kier alpha value is -2.13. The first-order valence-corrected chi connectivity index (χ1v) is 14.2. The van der Waals surface area contributed by atoms with Crippen LogP contribution in [0, 0.1) is 11.3 Å². The van der Waals surface area contributed by atoms with Gasteiger partial charge in [0.2, 0.25) is 0 Å². The van der Waals surface area contributed by atoms with E-state index in [1.807, 2.05) is 18.5 Å². The zero-order valence-corrected chi connectivity index (χ0v) is 21.8. The van der Waals surface area contributed by atoms with Crippen LogP contribution in [0.15, 0.2) is 60.0 Å². The van der Waals surface area contributed by atoms with Crippen LogP contribution >= 0.6 is 0 Å². The molecule has 7 heteroatoms. The maximum atomic E-state index is 11.6. The highest BCUT2D eigenvalue weighted by Gasteiger charge is 2.69. The first-order chi connectivity index (χ1) is 18.2. The van der Waals surface area contributed by atoms with Crippen LogP contribution in [0.25, 0.3) is 10.8 Å². The van der Waals surface area contributed by atoms with Gasteiger partial charge in [-0.25, -0.2) is 0 Å². The van der Waals surface area contributed by atoms with Gasteiger partial charge in [0, 0.05) is 54.8 Å². The third-order valence-corrected chi connectivity index (χ3v) is 11.3. The predicted octanol–water partition coefficient (Wildman–Crippen LogP) is 2.40. The number of allylic oxidation sites excluding steroid dienone is 1. The Morgan fingerprint density at radius 1 is 1.11 bits per heavy atom. The minimum Gasteiger partial charge on any atom is -0.392 e. The Balaban J connectivity index is 1.19. The van der Waals surface area contributed by atoms with E-state index in [9.17, 15) is 15.3 Å². The van der Waals surface area contributed by atoms with Gasteiger partial charge >= 0.3 is 0 Å². The fourth-order valence-corrected chi connectivity index (χ4v) is 9.50. The number of ether oxygens (including phenoxy) is 1. The molecule has 9 atom stereocenters. The van der Waals surface area contributed by atoms with Crippen LogP contribution in [-0.2, 0) is 4.74 Å². The Morgan fingerprint density at radius 2 is 1.95 bits per heavy atom. The van der Waals surface area contributed by atoms with Gasteiger partial charge in [-0.1, -0.05) is 31.2 Å². The molecular weight excluding hydrogens is 478 g/mol. The van der Waals surface area contributed by atoms with E-state index < -0.39 is 29.5 Å². The third-order valence-electron chi connectivity index (χ3n) is 11.3. The number of benzene rings is 1. The van der Waals surface area contributed by atoms with Gasteiger partial charge < -0.3 is 25.8 Å². The Bertz CT molecular complexity index is 1390. The number of nitrogens with two attached hydrogens (primary N) is 1. The molecule has 200 valence electrons. The summed E-state index contributed by atoms with van der Waals surface area (Å²) in [7, 11) is 0. The number of aromatic nitrogens is 1. The fraction of sp³-hybridized carbons (Fsp3) is 0.581. The minimum absolute atomic E-state index is 0.00361. The summed E-state index contributed by atoms with van der Waals surface area (Å²) in [6.07, 6.45) is 9.83. The number of pyridine rings is 1. The molecule has 2 spiro atoms. The second-order valence-electron chi connectivity index (χ2n) is 13.2. The van der Waals surface area contributed by atoms with Crippen LogP contribution in [0.3, 0.4) is 0 Å². The summed E-state index contributed by atoms with van der Waals surface area (Å²) >= 11 is 0. The number of hydrogen-bond donors (Lipinski definition) is 4. The van der Waals surface area contributed by atoms with Gasteiger partial charge in [-0.3, -0.25) is 9.88 Å². The van der Waals surface area contributed by atoms with Crippen molar-refractivity contribution < 1.29 is 20.1 Å². The lowest BCUT2D eigenvalue weighted by Gasteiger charge is -2.57. The SMILES string of the molecule is C[C@]12CC=C3C=C4[C@@H](O)[C@@H](O)[C@@H](N5CC(N)C5)C[C@]45CCC3(O5)[C@@H]1C[C@@H](O)[C@@H]2c1ccc2ccncc2c1. The highest BCUT2D eigenvalue weighted by molar-refractivity contribution is 5.82. The Labute approximate surface area is 223 Å². The number of rotatable bonds is 2. The van der Waals surface area contributed by atoms with Crippen molar-refractivity contribution in [2.45, 2.75) is 86.5 Å². The fourth-order valence-electron chi connectivity index (χ4n) is 9.50. The van der Waals surface area contributed by atoms with Gasteiger partial charge in [0.05, 0.1) is 23.4 Å². The summed E-state index contributed by atoms with van der Waals surface area (Å²) in [5.41, 5.74) is 8.00. The largest absolute Gasteiger partial charge is 0.392 e. The second kappa shape index (κ2) is 7.74. The molecule has 3 aliphatic heterocycles. The highest BCUT2D eigenvalue weighted by atomic mass is 16.5. The van der Waals surface area contributed by atoms with Gasteiger partial charge in [0.1, 0.15) is 6.10 Å². The van der Waals surface area contributed by atoms with Gasteiger partial charge in [0.25, 0.3) is 0 Å². The van der Waals surface area contributed by atoms with E-state index in [-0.39, 0.29) is 29.3 Å². The van der Waals surface area contributed by atoms with Gasteiger partial charge in [-0.05, 0) is 71.7 Å². The molecule has 5 N–H and O–H groups in total. The number of likely N-dealkylation sites (tertiary alicyclic amines) is 1. The summed E-state index contributed by atoms with van der Waals surface area (Å²) in [6.45, 7) is 3.83. The lowest BCUT2D eigenvalue weighted by Crippen LogP contribution is -2.68. The number of hydrogen-bond acceptors (Lipinski definition) is 7. The summed E-state index contributed by atoms with van der Waals surface area (Å²) in [5.74, 6) is 0.167. The van der Waals surface area contributed by atoms with E-state index in [0.29, 0.717) is 12.8 Å². The van der Waals surface area contributed by atoms with Gasteiger partial charge in [-0.2, -0.15) is 0 Å². The van der Waals surface area contributed by atoms with Crippen LogP contribution in [0.2, 0.25) is 0 Å². The van der Waals surface area contributed by atoms with Gasteiger partial charge in [-0.15, -0.1) is 0 Å². The average molecular weight is 516 g/mol. The summed E-state index contributed by atoms with van der Waals surface area (Å²) in [5, 5.41) is 36.3. The monoisotopic (exact) mass is 515 g/mol. The molecule has 2 aromatic rings. The highest BCUT2D eigenvalue weighted by Crippen LogP contribution is 2.69. The molecule has 2 bridgehead atoms. The molecule has 2 saturated carbocycles. The number of aliphatic hydroxyl groups excluding tert-OH is 3. The normalized spacial score (nSPS) is 46.1. The standard InChI is InChI=1S/C31H37N3O4/c1-29-6-4-20-11-22-27(36)28(37)23(34-15-21(32)16-34)13-30(22)7-8-31(20,38-30)25(29)12-24(35)26(29)18-3-2-17-5-9-33-14-19(17)10-18/h2-5,9-11,14,21,23-28,35-37H,6-8,12-13,15-16,32H2,1H3/t23-,24+,25+,26-,27+,28-,29-,30+,31?/m0/s1. The van der Waals surface area contributed by atoms with Crippen LogP contribution in [0.1, 0.15) is 50.5 Å². The summed E-state index contributed by atoms with van der Waals surface area (Å²) in [6, 6.07) is 8.52. The van der Waals surface area contributed by atoms with E-state index in [1.54, 1.807) is 0 Å². The zero-order chi connectivity index (χ0) is 26.0. The smallest absolute Gasteiger partial charge is 0.105 e. The number of fused-ring (bicyclic) bond motifs is 2. The maximum Gasteiger partial charge on any atom is 0.105 e. The van der Waals surface area contributed by atoms with E-state index in [4.69, 9.17) is 10.5 Å². The molecule has 1 aromatic heterocycles. The average Bonchev–Trinajstić information content (AvgIpc) is 3.35. The topological polar surface area (TPSA) is 112 Å². The van der Waals surface area contributed by atoms with Crippen LogP contribution in [0.5, 0.6) is 0 Å². The van der Waals surface area contributed by atoms with Crippen molar-refractivity contribution in [1.29, 1.82) is 0 Å². The maximum absolute atomic E-state index is 11.6. The number of aliphatic hydroxyl groups is 3. The quantitative estimate of drug-likeness (QED) is 0.486. The zero-order valence-electron chi connectivity index (χ0n) is 21.8. The minimum atomic E-state index is -0.941. The molecule has 8 rings (SSSR count). The van der Waals surface area contributed by atoms with E-state index in [0.717, 1.165) is 54.3 Å². The molecule has 4 fully saturated rings. The molecule has 1 aromatic carbocycles. The molecule has 38 heavy (non-hydrogen) atoms. The van der Waals surface area contributed by atoms with Crippen molar-refractivity contribution in [1.82, 2.24) is 9.88 Å². The first-order valence-electron chi connectivity index (χ1n) is 14.2. The van der Waals surface area contributed by atoms with Crippen molar-refractivity contribution >= 4 is 10.8 Å². The van der Waals surface area contributed by atoms with Crippen LogP contribution in [-0.4, -0.2) is 79.9 Å². The van der Waals surface area contributed by atoms with Crippen LogP contribution in [0.4, 0.5) is 0 Å². The van der Waals surface area contributed by atoms with Crippen LogP contribution < -0.4 is 5.73 Å². The molecule has 0 radical (unpaired) electrons. The van der Waals surface area contributed by atoms with E-state index >= 15 is 0 Å². The first kappa shape index (κ1) is 23.7. The number of nitrogens with zero attached hydrogens (tertiary/aromatic N) is 2. The van der Waals surface area contributed by atoms with Crippen molar-refractivity contribution in [3.05, 3.63) is 65.5 Å². The predicted molar refractivity (Wildman–Crippen MR) is 143 cm³/mol. The molecule has 7 nitrogen and oxygen atoms in total. The summed E-state index contributed by atoms with van der Waals surface area (Å²) < 4.78 is 7.27. The van der Waals surface area contributed by atoms with Crippen molar-refractivity contribution in [2.24, 2.45) is 17.1 Å². The molecule has 6 aliphatic rings. The van der Waals surface area contributed by atoms with Crippen molar-refractivity contribution in [3.8, 4) is 0 Å². The Morgan fingerprint density at radius 3 is 2.76 bits per heavy atom. The molecular formula is C31H37N3O4. The molecule has 0 amide bonds. The van der Waals surface area contributed by atoms with Crippen molar-refractivity contribution in [3.63, 3.8) is 0 Å². The molecule has 1 unspecified atom stereocenters.